The van der Waals surface area contributed by atoms with Gasteiger partial charge in [-0.05, 0) is 43.0 Å². The number of hydrogen-bond donors (Lipinski definition) is 2. The van der Waals surface area contributed by atoms with Crippen LogP contribution in [0, 0.1) is 5.92 Å². The number of rotatable bonds is 5. The molecule has 2 aromatic carbocycles. The summed E-state index contributed by atoms with van der Waals surface area (Å²) in [5, 5.41) is 11.8. The molecule has 1 aliphatic heterocycles. The van der Waals surface area contributed by atoms with E-state index in [1.54, 1.807) is 0 Å². The molecule has 0 saturated carbocycles. The molecule has 1 fully saturated rings. The summed E-state index contributed by atoms with van der Waals surface area (Å²) in [6.45, 7) is 3.65. The zero-order valence-electron chi connectivity index (χ0n) is 13.6. The van der Waals surface area contributed by atoms with Gasteiger partial charge >= 0.3 is 0 Å². The fraction of sp³-hybridized carbons (Fsp3) is 0.400. The van der Waals surface area contributed by atoms with Crippen molar-refractivity contribution in [2.45, 2.75) is 18.4 Å². The first-order valence-electron chi connectivity index (χ1n) is 8.51. The molecular weight excluding hydrogens is 284 g/mol. The SMILES string of the molecule is NCCN1CCC(C(O)(c2ccccc2)c2ccccc2)CC1. The van der Waals surface area contributed by atoms with Gasteiger partial charge in [0.05, 0.1) is 0 Å². The Hall–Kier alpha value is -1.68. The summed E-state index contributed by atoms with van der Waals surface area (Å²) >= 11 is 0. The quantitative estimate of drug-likeness (QED) is 0.892. The van der Waals surface area contributed by atoms with Crippen molar-refractivity contribution >= 4 is 0 Å². The Balaban J connectivity index is 1.91. The fourth-order valence-corrected chi connectivity index (χ4v) is 3.78. The summed E-state index contributed by atoms with van der Waals surface area (Å²) in [7, 11) is 0. The molecule has 3 heteroatoms. The Morgan fingerprint density at radius 3 is 1.83 bits per heavy atom. The lowest BCUT2D eigenvalue weighted by atomic mass is 9.72. The minimum atomic E-state index is -0.919. The van der Waals surface area contributed by atoms with E-state index >= 15 is 0 Å². The summed E-state index contributed by atoms with van der Waals surface area (Å²) < 4.78 is 0. The molecule has 1 saturated heterocycles. The van der Waals surface area contributed by atoms with Crippen LogP contribution >= 0.6 is 0 Å². The minimum Gasteiger partial charge on any atom is -0.380 e. The average Bonchev–Trinajstić information content (AvgIpc) is 2.63. The van der Waals surface area contributed by atoms with E-state index in [2.05, 4.69) is 4.90 Å². The molecule has 0 radical (unpaired) electrons. The maximum Gasteiger partial charge on any atom is 0.117 e. The van der Waals surface area contributed by atoms with Gasteiger partial charge < -0.3 is 15.7 Å². The molecule has 3 rings (SSSR count). The van der Waals surface area contributed by atoms with Gasteiger partial charge in [-0.25, -0.2) is 0 Å². The van der Waals surface area contributed by atoms with Gasteiger partial charge in [-0.3, -0.25) is 0 Å². The summed E-state index contributed by atoms with van der Waals surface area (Å²) in [6.07, 6.45) is 1.97. The number of piperidine rings is 1. The molecule has 23 heavy (non-hydrogen) atoms. The first-order valence-corrected chi connectivity index (χ1v) is 8.51. The fourth-order valence-electron chi connectivity index (χ4n) is 3.78. The van der Waals surface area contributed by atoms with Crippen molar-refractivity contribution < 1.29 is 5.11 Å². The molecule has 0 unspecified atom stereocenters. The van der Waals surface area contributed by atoms with E-state index in [4.69, 9.17) is 5.73 Å². The molecular formula is C20H26N2O. The van der Waals surface area contributed by atoms with Crippen LogP contribution in [0.5, 0.6) is 0 Å². The van der Waals surface area contributed by atoms with Crippen LogP contribution < -0.4 is 5.73 Å². The van der Waals surface area contributed by atoms with Crippen LogP contribution in [-0.4, -0.2) is 36.2 Å². The van der Waals surface area contributed by atoms with E-state index in [0.29, 0.717) is 6.54 Å². The zero-order chi connectivity index (χ0) is 16.1. The molecule has 2 aromatic rings. The molecule has 0 aromatic heterocycles. The lowest BCUT2D eigenvalue weighted by Gasteiger charge is -2.42. The first-order chi connectivity index (χ1) is 11.2. The maximum absolute atomic E-state index is 11.8. The highest BCUT2D eigenvalue weighted by molar-refractivity contribution is 5.37. The summed E-state index contributed by atoms with van der Waals surface area (Å²) in [5.41, 5.74) is 6.73. The van der Waals surface area contributed by atoms with Crippen molar-refractivity contribution in [3.05, 3.63) is 71.8 Å². The smallest absolute Gasteiger partial charge is 0.117 e. The third kappa shape index (κ3) is 3.32. The molecule has 1 heterocycles. The van der Waals surface area contributed by atoms with Crippen LogP contribution in [0.25, 0.3) is 0 Å². The second kappa shape index (κ2) is 7.26. The van der Waals surface area contributed by atoms with Crippen molar-refractivity contribution in [3.8, 4) is 0 Å². The number of aliphatic hydroxyl groups is 1. The van der Waals surface area contributed by atoms with E-state index in [0.717, 1.165) is 43.6 Å². The Bertz CT molecular complexity index is 552. The first kappa shape index (κ1) is 16.2. The third-order valence-corrected chi connectivity index (χ3v) is 5.05. The van der Waals surface area contributed by atoms with E-state index in [1.807, 2.05) is 60.7 Å². The van der Waals surface area contributed by atoms with E-state index in [-0.39, 0.29) is 5.92 Å². The average molecular weight is 310 g/mol. The van der Waals surface area contributed by atoms with Gasteiger partial charge in [0.2, 0.25) is 0 Å². The lowest BCUT2D eigenvalue weighted by molar-refractivity contribution is -0.0137. The van der Waals surface area contributed by atoms with Gasteiger partial charge in [-0.15, -0.1) is 0 Å². The molecule has 0 aliphatic carbocycles. The van der Waals surface area contributed by atoms with E-state index < -0.39 is 5.60 Å². The van der Waals surface area contributed by atoms with Gasteiger partial charge in [0.1, 0.15) is 5.60 Å². The van der Waals surface area contributed by atoms with Crippen LogP contribution in [0.1, 0.15) is 24.0 Å². The monoisotopic (exact) mass is 310 g/mol. The number of hydrogen-bond acceptors (Lipinski definition) is 3. The van der Waals surface area contributed by atoms with Crippen LogP contribution in [0.15, 0.2) is 60.7 Å². The predicted molar refractivity (Wildman–Crippen MR) is 94.1 cm³/mol. The number of benzene rings is 2. The standard InChI is InChI=1S/C20H26N2O/c21-13-16-22-14-11-19(12-15-22)20(23,17-7-3-1-4-8-17)18-9-5-2-6-10-18/h1-10,19,23H,11-16,21H2. The van der Waals surface area contributed by atoms with Gasteiger partial charge in [-0.1, -0.05) is 60.7 Å². The predicted octanol–water partition coefficient (Wildman–Crippen LogP) is 2.59. The Morgan fingerprint density at radius 2 is 1.39 bits per heavy atom. The Labute approximate surface area is 138 Å². The van der Waals surface area contributed by atoms with Gasteiger partial charge in [0.25, 0.3) is 0 Å². The zero-order valence-corrected chi connectivity index (χ0v) is 13.6. The molecule has 1 aliphatic rings. The van der Waals surface area contributed by atoms with Crippen molar-refractivity contribution in [2.75, 3.05) is 26.2 Å². The second-order valence-electron chi connectivity index (χ2n) is 6.40. The third-order valence-electron chi connectivity index (χ3n) is 5.05. The summed E-state index contributed by atoms with van der Waals surface area (Å²) in [6, 6.07) is 20.2. The summed E-state index contributed by atoms with van der Waals surface area (Å²) in [5.74, 6) is 0.223. The van der Waals surface area contributed by atoms with Crippen LogP contribution in [0.2, 0.25) is 0 Å². The molecule has 0 bridgehead atoms. The summed E-state index contributed by atoms with van der Waals surface area (Å²) in [4.78, 5) is 2.40. The largest absolute Gasteiger partial charge is 0.380 e. The topological polar surface area (TPSA) is 49.5 Å². The number of likely N-dealkylation sites (tertiary alicyclic amines) is 1. The van der Waals surface area contributed by atoms with E-state index in [9.17, 15) is 5.11 Å². The van der Waals surface area contributed by atoms with Crippen LogP contribution in [0.4, 0.5) is 0 Å². The maximum atomic E-state index is 11.8. The number of nitrogens with two attached hydrogens (primary N) is 1. The lowest BCUT2D eigenvalue weighted by Crippen LogP contribution is -2.45. The van der Waals surface area contributed by atoms with Crippen molar-refractivity contribution in [2.24, 2.45) is 11.7 Å². The van der Waals surface area contributed by atoms with E-state index in [1.165, 1.54) is 0 Å². The highest BCUT2D eigenvalue weighted by atomic mass is 16.3. The van der Waals surface area contributed by atoms with Crippen LogP contribution in [-0.2, 0) is 5.60 Å². The van der Waals surface area contributed by atoms with Crippen molar-refractivity contribution in [1.29, 1.82) is 0 Å². The van der Waals surface area contributed by atoms with Gasteiger partial charge in [0.15, 0.2) is 0 Å². The Morgan fingerprint density at radius 1 is 0.913 bits per heavy atom. The minimum absolute atomic E-state index is 0.223. The molecule has 0 amide bonds. The highest BCUT2D eigenvalue weighted by Crippen LogP contribution is 2.41. The van der Waals surface area contributed by atoms with Gasteiger partial charge in [-0.2, -0.15) is 0 Å². The highest BCUT2D eigenvalue weighted by Gasteiger charge is 2.41. The van der Waals surface area contributed by atoms with Crippen molar-refractivity contribution in [1.82, 2.24) is 4.90 Å². The molecule has 0 atom stereocenters. The molecule has 122 valence electrons. The molecule has 0 spiro atoms. The Kier molecular flexibility index (Phi) is 5.11. The van der Waals surface area contributed by atoms with Crippen LogP contribution in [0.3, 0.4) is 0 Å². The number of nitrogens with zero attached hydrogens (tertiary/aromatic N) is 1. The molecule has 3 nitrogen and oxygen atoms in total. The molecule has 3 N–H and O–H groups in total. The normalized spacial score (nSPS) is 17.3. The van der Waals surface area contributed by atoms with Gasteiger partial charge in [0, 0.05) is 13.1 Å². The van der Waals surface area contributed by atoms with Crippen molar-refractivity contribution in [3.63, 3.8) is 0 Å². The second-order valence-corrected chi connectivity index (χ2v) is 6.40.